The molecule has 2 N–H and O–H groups in total. The SMILES string of the molecule is Cc1nc(C(=O)N2CCCCC2c2cc(C(=O)NC3CCCC3)n[nH]2)co1. The zero-order valence-corrected chi connectivity index (χ0v) is 15.5. The summed E-state index contributed by atoms with van der Waals surface area (Å²) in [4.78, 5) is 31.3. The number of aryl methyl sites for hydroxylation is 1. The van der Waals surface area contributed by atoms with Crippen molar-refractivity contribution in [1.82, 2.24) is 25.4 Å². The first-order valence-corrected chi connectivity index (χ1v) is 9.71. The number of amides is 2. The van der Waals surface area contributed by atoms with Crippen molar-refractivity contribution in [2.24, 2.45) is 0 Å². The van der Waals surface area contributed by atoms with Crippen LogP contribution >= 0.6 is 0 Å². The highest BCUT2D eigenvalue weighted by Crippen LogP contribution is 2.31. The van der Waals surface area contributed by atoms with Gasteiger partial charge >= 0.3 is 0 Å². The number of H-pyrrole nitrogens is 1. The molecule has 4 rings (SSSR count). The summed E-state index contributed by atoms with van der Waals surface area (Å²) in [6.07, 6.45) is 8.59. The van der Waals surface area contributed by atoms with E-state index in [9.17, 15) is 9.59 Å². The van der Waals surface area contributed by atoms with Crippen LogP contribution in [-0.2, 0) is 0 Å². The van der Waals surface area contributed by atoms with Crippen molar-refractivity contribution in [3.05, 3.63) is 35.3 Å². The van der Waals surface area contributed by atoms with E-state index in [0.29, 0.717) is 23.8 Å². The van der Waals surface area contributed by atoms with Gasteiger partial charge in [-0.05, 0) is 38.2 Å². The maximum Gasteiger partial charge on any atom is 0.276 e. The predicted octanol–water partition coefficient (Wildman–Crippen LogP) is 2.75. The molecule has 1 aliphatic heterocycles. The lowest BCUT2D eigenvalue weighted by molar-refractivity contribution is 0.0599. The van der Waals surface area contributed by atoms with Gasteiger partial charge < -0.3 is 14.6 Å². The van der Waals surface area contributed by atoms with E-state index in [1.165, 1.54) is 6.26 Å². The van der Waals surface area contributed by atoms with E-state index in [-0.39, 0.29) is 23.9 Å². The molecule has 1 aliphatic carbocycles. The van der Waals surface area contributed by atoms with Gasteiger partial charge in [-0.25, -0.2) is 4.98 Å². The van der Waals surface area contributed by atoms with Crippen LogP contribution in [-0.4, -0.2) is 44.5 Å². The molecule has 2 fully saturated rings. The standard InChI is InChI=1S/C19H25N5O3/c1-12-20-16(11-27-12)19(26)24-9-5-4-8-17(24)14-10-15(23-22-14)18(25)21-13-6-2-3-7-13/h10-11,13,17H,2-9H2,1H3,(H,21,25)(H,22,23). The summed E-state index contributed by atoms with van der Waals surface area (Å²) in [7, 11) is 0. The summed E-state index contributed by atoms with van der Waals surface area (Å²) in [6, 6.07) is 1.89. The molecule has 144 valence electrons. The molecule has 0 radical (unpaired) electrons. The summed E-state index contributed by atoms with van der Waals surface area (Å²) in [5.41, 5.74) is 1.49. The highest BCUT2D eigenvalue weighted by Gasteiger charge is 2.32. The molecule has 0 spiro atoms. The highest BCUT2D eigenvalue weighted by molar-refractivity contribution is 5.93. The van der Waals surface area contributed by atoms with Gasteiger partial charge in [-0.2, -0.15) is 5.10 Å². The fourth-order valence-corrected chi connectivity index (χ4v) is 4.06. The molecule has 27 heavy (non-hydrogen) atoms. The lowest BCUT2D eigenvalue weighted by atomic mass is 9.98. The summed E-state index contributed by atoms with van der Waals surface area (Å²) in [6.45, 7) is 2.37. The molecule has 0 aromatic carbocycles. The number of carbonyl (C=O) groups is 2. The molecule has 8 nitrogen and oxygen atoms in total. The van der Waals surface area contributed by atoms with Crippen molar-refractivity contribution in [3.63, 3.8) is 0 Å². The van der Waals surface area contributed by atoms with E-state index in [2.05, 4.69) is 20.5 Å². The Labute approximate surface area is 157 Å². The largest absolute Gasteiger partial charge is 0.448 e. The molecule has 2 aromatic heterocycles. The van der Waals surface area contributed by atoms with Gasteiger partial charge in [0.1, 0.15) is 12.0 Å². The number of hydrogen-bond acceptors (Lipinski definition) is 5. The summed E-state index contributed by atoms with van der Waals surface area (Å²) < 4.78 is 5.18. The number of aromatic nitrogens is 3. The van der Waals surface area contributed by atoms with Gasteiger partial charge in [0, 0.05) is 19.5 Å². The number of aromatic amines is 1. The molecule has 3 heterocycles. The second kappa shape index (κ2) is 7.54. The van der Waals surface area contributed by atoms with Crippen LogP contribution in [0.5, 0.6) is 0 Å². The minimum absolute atomic E-state index is 0.135. The average Bonchev–Trinajstić information content (AvgIpc) is 3.43. The topological polar surface area (TPSA) is 104 Å². The summed E-state index contributed by atoms with van der Waals surface area (Å²) in [5, 5.41) is 10.2. The van der Waals surface area contributed by atoms with E-state index in [4.69, 9.17) is 4.42 Å². The van der Waals surface area contributed by atoms with Crippen molar-refractivity contribution in [2.75, 3.05) is 6.54 Å². The number of hydrogen-bond donors (Lipinski definition) is 2. The smallest absolute Gasteiger partial charge is 0.276 e. The van der Waals surface area contributed by atoms with Crippen molar-refractivity contribution in [3.8, 4) is 0 Å². The Morgan fingerprint density at radius 2 is 1.96 bits per heavy atom. The Kier molecular flexibility index (Phi) is 4.96. The Hall–Kier alpha value is -2.64. The molecular weight excluding hydrogens is 346 g/mol. The molecule has 2 amide bonds. The molecule has 0 bridgehead atoms. The lowest BCUT2D eigenvalue weighted by Gasteiger charge is -2.34. The average molecular weight is 371 g/mol. The van der Waals surface area contributed by atoms with Crippen LogP contribution in [0, 0.1) is 6.92 Å². The zero-order valence-electron chi connectivity index (χ0n) is 15.5. The molecule has 2 aliphatic rings. The van der Waals surface area contributed by atoms with Gasteiger partial charge in [-0.15, -0.1) is 0 Å². The van der Waals surface area contributed by atoms with Crippen LogP contribution in [0.3, 0.4) is 0 Å². The zero-order chi connectivity index (χ0) is 18.8. The Balaban J connectivity index is 1.49. The summed E-state index contributed by atoms with van der Waals surface area (Å²) in [5.74, 6) is 0.174. The Morgan fingerprint density at radius 3 is 2.70 bits per heavy atom. The normalized spacial score (nSPS) is 20.8. The number of nitrogens with one attached hydrogen (secondary N) is 2. The fourth-order valence-electron chi connectivity index (χ4n) is 4.06. The molecule has 2 aromatic rings. The van der Waals surface area contributed by atoms with Crippen molar-refractivity contribution < 1.29 is 14.0 Å². The van der Waals surface area contributed by atoms with Gasteiger partial charge in [-0.1, -0.05) is 12.8 Å². The van der Waals surface area contributed by atoms with E-state index >= 15 is 0 Å². The fraction of sp³-hybridized carbons (Fsp3) is 0.579. The first-order valence-electron chi connectivity index (χ1n) is 9.71. The van der Waals surface area contributed by atoms with E-state index in [1.54, 1.807) is 17.9 Å². The third kappa shape index (κ3) is 3.74. The predicted molar refractivity (Wildman–Crippen MR) is 97.2 cm³/mol. The number of piperidine rings is 1. The second-order valence-electron chi connectivity index (χ2n) is 7.43. The maximum absolute atomic E-state index is 12.9. The number of rotatable bonds is 4. The van der Waals surface area contributed by atoms with Gasteiger partial charge in [0.2, 0.25) is 0 Å². The van der Waals surface area contributed by atoms with Crippen LogP contribution in [0.15, 0.2) is 16.7 Å². The van der Waals surface area contributed by atoms with Crippen LogP contribution in [0.2, 0.25) is 0 Å². The number of carbonyl (C=O) groups excluding carboxylic acids is 2. The van der Waals surface area contributed by atoms with Gasteiger partial charge in [0.25, 0.3) is 11.8 Å². The molecule has 1 saturated heterocycles. The third-order valence-corrected chi connectivity index (χ3v) is 5.48. The second-order valence-corrected chi connectivity index (χ2v) is 7.43. The first-order chi connectivity index (χ1) is 13.1. The van der Waals surface area contributed by atoms with Crippen molar-refractivity contribution in [1.29, 1.82) is 0 Å². The van der Waals surface area contributed by atoms with Gasteiger partial charge in [-0.3, -0.25) is 14.7 Å². The van der Waals surface area contributed by atoms with Crippen LogP contribution in [0.1, 0.15) is 83.5 Å². The number of likely N-dealkylation sites (tertiary alicyclic amines) is 1. The minimum Gasteiger partial charge on any atom is -0.448 e. The molecule has 1 atom stereocenters. The third-order valence-electron chi connectivity index (χ3n) is 5.48. The van der Waals surface area contributed by atoms with Gasteiger partial charge in [0.15, 0.2) is 11.6 Å². The van der Waals surface area contributed by atoms with Crippen LogP contribution in [0.4, 0.5) is 0 Å². The monoisotopic (exact) mass is 371 g/mol. The minimum atomic E-state index is -0.150. The van der Waals surface area contributed by atoms with Crippen LogP contribution < -0.4 is 5.32 Å². The van der Waals surface area contributed by atoms with Crippen LogP contribution in [0.25, 0.3) is 0 Å². The Bertz CT molecular complexity index is 821. The van der Waals surface area contributed by atoms with Crippen molar-refractivity contribution in [2.45, 2.75) is 64.0 Å². The summed E-state index contributed by atoms with van der Waals surface area (Å²) >= 11 is 0. The van der Waals surface area contributed by atoms with Gasteiger partial charge in [0.05, 0.1) is 11.7 Å². The maximum atomic E-state index is 12.9. The van der Waals surface area contributed by atoms with E-state index in [1.807, 2.05) is 0 Å². The van der Waals surface area contributed by atoms with Crippen molar-refractivity contribution >= 4 is 11.8 Å². The van der Waals surface area contributed by atoms with E-state index < -0.39 is 0 Å². The molecule has 1 saturated carbocycles. The molecule has 1 unspecified atom stereocenters. The molecule has 8 heteroatoms. The number of nitrogens with zero attached hydrogens (tertiary/aromatic N) is 3. The lowest BCUT2D eigenvalue weighted by Crippen LogP contribution is -2.38. The van der Waals surface area contributed by atoms with E-state index in [0.717, 1.165) is 50.6 Å². The first kappa shape index (κ1) is 17.8. The number of oxazole rings is 1. The highest BCUT2D eigenvalue weighted by atomic mass is 16.3. The Morgan fingerprint density at radius 1 is 1.19 bits per heavy atom. The quantitative estimate of drug-likeness (QED) is 0.860. The molecular formula is C19H25N5O3.